The molecule has 1 amide bonds. The van der Waals surface area contributed by atoms with Crippen molar-refractivity contribution in [3.8, 4) is 0 Å². The van der Waals surface area contributed by atoms with Gasteiger partial charge in [0.05, 0.1) is 6.61 Å². The molecule has 96 valence electrons. The summed E-state index contributed by atoms with van der Waals surface area (Å²) in [6.45, 7) is 5.18. The van der Waals surface area contributed by atoms with Crippen molar-refractivity contribution in [2.45, 2.75) is 13.3 Å². The maximum atomic E-state index is 11.9. The third-order valence-corrected chi connectivity index (χ3v) is 2.86. The summed E-state index contributed by atoms with van der Waals surface area (Å²) < 4.78 is 5.30. The minimum atomic E-state index is 0. The molecule has 2 unspecified atom stereocenters. The van der Waals surface area contributed by atoms with Crippen LogP contribution in [0.15, 0.2) is 0 Å². The van der Waals surface area contributed by atoms with Crippen molar-refractivity contribution in [1.82, 2.24) is 10.2 Å². The van der Waals surface area contributed by atoms with Crippen LogP contribution in [0.3, 0.4) is 0 Å². The molecule has 1 aliphatic rings. The zero-order valence-corrected chi connectivity index (χ0v) is 11.2. The quantitative estimate of drug-likeness (QED) is 0.783. The van der Waals surface area contributed by atoms with Gasteiger partial charge in [-0.05, 0) is 13.5 Å². The number of carbonyl (C=O) groups excluding carboxylic acids is 1. The van der Waals surface area contributed by atoms with E-state index in [1.165, 1.54) is 0 Å². The molecule has 1 aliphatic heterocycles. The van der Waals surface area contributed by atoms with E-state index in [4.69, 9.17) is 4.74 Å². The van der Waals surface area contributed by atoms with Crippen molar-refractivity contribution in [2.75, 3.05) is 40.4 Å². The largest absolute Gasteiger partial charge is 0.381 e. The number of rotatable bonds is 5. The third kappa shape index (κ3) is 4.68. The third-order valence-electron chi connectivity index (χ3n) is 2.86. The van der Waals surface area contributed by atoms with E-state index < -0.39 is 0 Å². The van der Waals surface area contributed by atoms with Gasteiger partial charge in [-0.25, -0.2) is 0 Å². The first-order chi connectivity index (χ1) is 7.15. The summed E-state index contributed by atoms with van der Waals surface area (Å²) in [5.41, 5.74) is 0. The molecule has 1 rings (SSSR count). The first-order valence-electron chi connectivity index (χ1n) is 5.62. The first-order valence-corrected chi connectivity index (χ1v) is 5.62. The standard InChI is InChI=1S/C11H22N2O2.ClH/c1-9(6-12-2)11(14)13(3)7-10-4-5-15-8-10;/h9-10,12H,4-8H2,1-3H3;1H. The van der Waals surface area contributed by atoms with Crippen molar-refractivity contribution >= 4 is 18.3 Å². The fraction of sp³-hybridized carbons (Fsp3) is 0.909. The Balaban J connectivity index is 0.00000225. The fourth-order valence-electron chi connectivity index (χ4n) is 1.97. The van der Waals surface area contributed by atoms with E-state index in [0.29, 0.717) is 5.92 Å². The number of hydrogen-bond acceptors (Lipinski definition) is 3. The maximum Gasteiger partial charge on any atom is 0.226 e. The lowest BCUT2D eigenvalue weighted by Gasteiger charge is -2.23. The molecule has 0 spiro atoms. The molecule has 5 heteroatoms. The highest BCUT2D eigenvalue weighted by Crippen LogP contribution is 2.14. The average molecular weight is 251 g/mol. The number of amides is 1. The minimum absolute atomic E-state index is 0. The predicted octanol–water partition coefficient (Wildman–Crippen LogP) is 0.759. The van der Waals surface area contributed by atoms with Crippen molar-refractivity contribution < 1.29 is 9.53 Å². The predicted molar refractivity (Wildman–Crippen MR) is 66.9 cm³/mol. The SMILES string of the molecule is CNCC(C)C(=O)N(C)CC1CCOC1.Cl. The van der Waals surface area contributed by atoms with Gasteiger partial charge in [0.25, 0.3) is 0 Å². The molecule has 0 radical (unpaired) electrons. The summed E-state index contributed by atoms with van der Waals surface area (Å²) in [5, 5.41) is 3.02. The zero-order chi connectivity index (χ0) is 11.3. The summed E-state index contributed by atoms with van der Waals surface area (Å²) in [4.78, 5) is 13.7. The number of ether oxygens (including phenoxy) is 1. The Morgan fingerprint density at radius 3 is 2.81 bits per heavy atom. The molecule has 0 aliphatic carbocycles. The average Bonchev–Trinajstić information content (AvgIpc) is 2.69. The Labute approximate surface area is 104 Å². The summed E-state index contributed by atoms with van der Waals surface area (Å²) in [6.07, 6.45) is 1.08. The summed E-state index contributed by atoms with van der Waals surface area (Å²) in [5.74, 6) is 0.805. The molecular formula is C11H23ClN2O2. The van der Waals surface area contributed by atoms with Gasteiger partial charge in [0, 0.05) is 38.6 Å². The first kappa shape index (κ1) is 15.7. The van der Waals surface area contributed by atoms with Crippen molar-refractivity contribution in [3.05, 3.63) is 0 Å². The van der Waals surface area contributed by atoms with Crippen LogP contribution >= 0.6 is 12.4 Å². The molecule has 1 N–H and O–H groups in total. The van der Waals surface area contributed by atoms with E-state index in [9.17, 15) is 4.79 Å². The second-order valence-corrected chi connectivity index (χ2v) is 4.41. The molecule has 0 aromatic rings. The van der Waals surface area contributed by atoms with Crippen LogP contribution in [0, 0.1) is 11.8 Å². The molecule has 1 saturated heterocycles. The molecule has 1 fully saturated rings. The van der Waals surface area contributed by atoms with E-state index in [1.54, 1.807) is 0 Å². The lowest BCUT2D eigenvalue weighted by molar-refractivity contribution is -0.134. The fourth-order valence-corrected chi connectivity index (χ4v) is 1.97. The van der Waals surface area contributed by atoms with Crippen LogP contribution in [0.1, 0.15) is 13.3 Å². The van der Waals surface area contributed by atoms with Crippen molar-refractivity contribution in [2.24, 2.45) is 11.8 Å². The Morgan fingerprint density at radius 2 is 2.31 bits per heavy atom. The van der Waals surface area contributed by atoms with E-state index >= 15 is 0 Å². The van der Waals surface area contributed by atoms with Gasteiger partial charge >= 0.3 is 0 Å². The molecule has 0 saturated carbocycles. The molecule has 0 aromatic carbocycles. The molecule has 1 heterocycles. The molecule has 2 atom stereocenters. The maximum absolute atomic E-state index is 11.9. The normalized spacial score (nSPS) is 21.3. The monoisotopic (exact) mass is 250 g/mol. The van der Waals surface area contributed by atoms with Gasteiger partial charge in [-0.15, -0.1) is 12.4 Å². The number of nitrogens with one attached hydrogen (secondary N) is 1. The van der Waals surface area contributed by atoms with Gasteiger partial charge < -0.3 is 15.0 Å². The minimum Gasteiger partial charge on any atom is -0.381 e. The van der Waals surface area contributed by atoms with Crippen LogP contribution in [-0.4, -0.2) is 51.2 Å². The highest BCUT2D eigenvalue weighted by atomic mass is 35.5. The smallest absolute Gasteiger partial charge is 0.226 e. The van der Waals surface area contributed by atoms with Gasteiger partial charge in [-0.3, -0.25) is 4.79 Å². The summed E-state index contributed by atoms with van der Waals surface area (Å²) >= 11 is 0. The van der Waals surface area contributed by atoms with Crippen LogP contribution < -0.4 is 5.32 Å². The van der Waals surface area contributed by atoms with Crippen molar-refractivity contribution in [3.63, 3.8) is 0 Å². The van der Waals surface area contributed by atoms with E-state index in [-0.39, 0.29) is 24.2 Å². The number of halogens is 1. The molecule has 0 aromatic heterocycles. The Hall–Kier alpha value is -0.320. The number of hydrogen-bond donors (Lipinski definition) is 1. The zero-order valence-electron chi connectivity index (χ0n) is 10.4. The topological polar surface area (TPSA) is 41.6 Å². The second kappa shape index (κ2) is 7.87. The second-order valence-electron chi connectivity index (χ2n) is 4.41. The van der Waals surface area contributed by atoms with Crippen LogP contribution in [-0.2, 0) is 9.53 Å². The molecular weight excluding hydrogens is 228 g/mol. The van der Waals surface area contributed by atoms with Crippen LogP contribution in [0.25, 0.3) is 0 Å². The van der Waals surface area contributed by atoms with Crippen molar-refractivity contribution in [1.29, 1.82) is 0 Å². The van der Waals surface area contributed by atoms with E-state index in [0.717, 1.165) is 32.7 Å². The number of carbonyl (C=O) groups is 1. The van der Waals surface area contributed by atoms with Crippen LogP contribution in [0.5, 0.6) is 0 Å². The Bertz CT molecular complexity index is 208. The van der Waals surface area contributed by atoms with Gasteiger partial charge in [0.15, 0.2) is 0 Å². The molecule has 0 bridgehead atoms. The lowest BCUT2D eigenvalue weighted by atomic mass is 10.1. The molecule has 4 nitrogen and oxygen atoms in total. The Kier molecular flexibility index (Phi) is 7.72. The summed E-state index contributed by atoms with van der Waals surface area (Å²) in [6, 6.07) is 0. The van der Waals surface area contributed by atoms with Crippen LogP contribution in [0.4, 0.5) is 0 Å². The summed E-state index contributed by atoms with van der Waals surface area (Å²) in [7, 11) is 3.75. The van der Waals surface area contributed by atoms with E-state index in [2.05, 4.69) is 5.32 Å². The van der Waals surface area contributed by atoms with Gasteiger partial charge in [0.2, 0.25) is 5.91 Å². The molecule has 16 heavy (non-hydrogen) atoms. The van der Waals surface area contributed by atoms with Gasteiger partial charge in [-0.2, -0.15) is 0 Å². The lowest BCUT2D eigenvalue weighted by Crippen LogP contribution is -2.38. The van der Waals surface area contributed by atoms with E-state index in [1.807, 2.05) is 25.9 Å². The van der Waals surface area contributed by atoms with Crippen LogP contribution in [0.2, 0.25) is 0 Å². The van der Waals surface area contributed by atoms with Gasteiger partial charge in [-0.1, -0.05) is 6.92 Å². The Morgan fingerprint density at radius 1 is 1.62 bits per heavy atom. The highest BCUT2D eigenvalue weighted by molar-refractivity contribution is 5.85. The van der Waals surface area contributed by atoms with Gasteiger partial charge in [0.1, 0.15) is 0 Å². The number of nitrogens with zero attached hydrogens (tertiary/aromatic N) is 1. The highest BCUT2D eigenvalue weighted by Gasteiger charge is 2.22.